The summed E-state index contributed by atoms with van der Waals surface area (Å²) < 4.78 is 5.28. The van der Waals surface area contributed by atoms with Crippen molar-refractivity contribution in [3.8, 4) is 0 Å². The van der Waals surface area contributed by atoms with Gasteiger partial charge < -0.3 is 15.2 Å². The van der Waals surface area contributed by atoms with Gasteiger partial charge in [-0.15, -0.1) is 0 Å². The van der Waals surface area contributed by atoms with Gasteiger partial charge in [-0.2, -0.15) is 0 Å². The minimum absolute atomic E-state index is 0.255. The first-order chi connectivity index (χ1) is 9.26. The maximum Gasteiger partial charge on any atom is 0.407 e. The Morgan fingerprint density at radius 1 is 1.25 bits per heavy atom. The van der Waals surface area contributed by atoms with Gasteiger partial charge in [0, 0.05) is 6.04 Å². The summed E-state index contributed by atoms with van der Waals surface area (Å²) in [5, 5.41) is 12.8. The molecule has 0 unspecified atom stereocenters. The molecular weight excluding hydrogens is 254 g/mol. The number of amides is 1. The maximum absolute atomic E-state index is 11.7. The van der Waals surface area contributed by atoms with Crippen LogP contribution in [0.1, 0.15) is 72.1 Å². The minimum atomic E-state index is -0.430. The van der Waals surface area contributed by atoms with E-state index < -0.39 is 5.60 Å². The molecule has 0 radical (unpaired) electrons. The Bertz CT molecular complexity index is 336. The van der Waals surface area contributed by atoms with Gasteiger partial charge in [-0.3, -0.25) is 0 Å². The van der Waals surface area contributed by atoms with Crippen molar-refractivity contribution in [1.29, 1.82) is 0 Å². The molecule has 2 N–H and O–H groups in total. The fraction of sp³-hybridized carbons (Fsp3) is 0.938. The molecule has 0 aliphatic heterocycles. The van der Waals surface area contributed by atoms with Crippen LogP contribution in [0.2, 0.25) is 0 Å². The number of ether oxygens (including phenoxy) is 1. The van der Waals surface area contributed by atoms with Crippen LogP contribution in [0.5, 0.6) is 0 Å². The van der Waals surface area contributed by atoms with Gasteiger partial charge in [0.05, 0.1) is 5.60 Å². The smallest absolute Gasteiger partial charge is 0.407 e. The summed E-state index contributed by atoms with van der Waals surface area (Å²) in [5.74, 6) is 0.719. The summed E-state index contributed by atoms with van der Waals surface area (Å²) >= 11 is 0. The van der Waals surface area contributed by atoms with Crippen LogP contribution < -0.4 is 5.32 Å². The predicted molar refractivity (Wildman–Crippen MR) is 78.5 cm³/mol. The number of rotatable bonds is 4. The van der Waals surface area contributed by atoms with E-state index in [2.05, 4.69) is 5.32 Å². The van der Waals surface area contributed by atoms with E-state index >= 15 is 0 Å². The molecule has 0 bridgehead atoms. The Labute approximate surface area is 122 Å². The lowest BCUT2D eigenvalue weighted by Crippen LogP contribution is -2.41. The zero-order valence-corrected chi connectivity index (χ0v) is 13.1. The first kappa shape index (κ1) is 15.6. The maximum atomic E-state index is 11.7. The third kappa shape index (κ3) is 5.31. The normalized spacial score (nSPS) is 28.8. The molecule has 1 amide bonds. The van der Waals surface area contributed by atoms with Crippen LogP contribution >= 0.6 is 0 Å². The highest BCUT2D eigenvalue weighted by Crippen LogP contribution is 2.41. The molecule has 20 heavy (non-hydrogen) atoms. The van der Waals surface area contributed by atoms with E-state index in [0.717, 1.165) is 57.3 Å². The van der Waals surface area contributed by atoms with E-state index in [0.29, 0.717) is 0 Å². The second-order valence-electron chi connectivity index (χ2n) is 7.63. The standard InChI is InChI=1S/C16H29NO3/c1-15(2,3)20-14(18)17-13-6-4-12(5-7-13)8-9-16(19)10-11-16/h12-13,19H,4-11H2,1-3H3,(H,17,18). The van der Waals surface area contributed by atoms with E-state index in [1.165, 1.54) is 0 Å². The third-order valence-corrected chi connectivity index (χ3v) is 4.41. The molecule has 2 aliphatic rings. The second-order valence-corrected chi connectivity index (χ2v) is 7.63. The van der Waals surface area contributed by atoms with Crippen molar-refractivity contribution in [3.05, 3.63) is 0 Å². The predicted octanol–water partition coefficient (Wildman–Crippen LogP) is 3.38. The summed E-state index contributed by atoms with van der Waals surface area (Å²) in [4.78, 5) is 11.7. The first-order valence-electron chi connectivity index (χ1n) is 7.98. The molecule has 4 heteroatoms. The van der Waals surface area contributed by atoms with Gasteiger partial charge in [0.25, 0.3) is 0 Å². The van der Waals surface area contributed by atoms with Gasteiger partial charge in [0.15, 0.2) is 0 Å². The molecule has 0 heterocycles. The first-order valence-corrected chi connectivity index (χ1v) is 7.98. The molecular formula is C16H29NO3. The van der Waals surface area contributed by atoms with Crippen molar-refractivity contribution in [2.75, 3.05) is 0 Å². The van der Waals surface area contributed by atoms with Crippen molar-refractivity contribution in [3.63, 3.8) is 0 Å². The average Bonchev–Trinajstić information content (AvgIpc) is 3.05. The molecule has 0 aromatic rings. The lowest BCUT2D eigenvalue weighted by atomic mass is 9.82. The zero-order valence-electron chi connectivity index (χ0n) is 13.1. The van der Waals surface area contributed by atoms with Gasteiger partial charge in [0.1, 0.15) is 5.60 Å². The highest BCUT2D eigenvalue weighted by atomic mass is 16.6. The lowest BCUT2D eigenvalue weighted by molar-refractivity contribution is 0.0485. The van der Waals surface area contributed by atoms with Crippen LogP contribution in [0.15, 0.2) is 0 Å². The average molecular weight is 283 g/mol. The van der Waals surface area contributed by atoms with E-state index in [9.17, 15) is 9.90 Å². The molecule has 0 spiro atoms. The number of aliphatic hydroxyl groups is 1. The second kappa shape index (κ2) is 5.92. The Kier molecular flexibility index (Phi) is 4.62. The summed E-state index contributed by atoms with van der Waals surface area (Å²) in [6, 6.07) is 0.255. The van der Waals surface area contributed by atoms with Gasteiger partial charge in [-0.25, -0.2) is 4.79 Å². The molecule has 0 atom stereocenters. The van der Waals surface area contributed by atoms with Crippen LogP contribution in [-0.4, -0.2) is 28.4 Å². The van der Waals surface area contributed by atoms with Crippen LogP contribution in [0.3, 0.4) is 0 Å². The summed E-state index contributed by atoms with van der Waals surface area (Å²) in [6.07, 6.45) is 8.13. The number of carbonyl (C=O) groups is 1. The van der Waals surface area contributed by atoms with E-state index in [4.69, 9.17) is 4.74 Å². The number of hydrogen-bond donors (Lipinski definition) is 2. The quantitative estimate of drug-likeness (QED) is 0.831. The van der Waals surface area contributed by atoms with Crippen molar-refractivity contribution in [1.82, 2.24) is 5.32 Å². The van der Waals surface area contributed by atoms with E-state index in [1.54, 1.807) is 0 Å². The van der Waals surface area contributed by atoms with Crippen LogP contribution in [0, 0.1) is 5.92 Å². The van der Waals surface area contributed by atoms with Crippen LogP contribution in [-0.2, 0) is 4.74 Å². The largest absolute Gasteiger partial charge is 0.444 e. The minimum Gasteiger partial charge on any atom is -0.444 e. The van der Waals surface area contributed by atoms with E-state index in [-0.39, 0.29) is 17.7 Å². The van der Waals surface area contributed by atoms with Crippen LogP contribution in [0.25, 0.3) is 0 Å². The Morgan fingerprint density at radius 3 is 2.35 bits per heavy atom. The number of carbonyl (C=O) groups excluding carboxylic acids is 1. The van der Waals surface area contributed by atoms with Crippen molar-refractivity contribution in [2.24, 2.45) is 5.92 Å². The van der Waals surface area contributed by atoms with Crippen molar-refractivity contribution >= 4 is 6.09 Å². The molecule has 0 aromatic carbocycles. The third-order valence-electron chi connectivity index (χ3n) is 4.41. The van der Waals surface area contributed by atoms with Crippen LogP contribution in [0.4, 0.5) is 4.79 Å². The Morgan fingerprint density at radius 2 is 1.85 bits per heavy atom. The van der Waals surface area contributed by atoms with Gasteiger partial charge in [0.2, 0.25) is 0 Å². The van der Waals surface area contributed by atoms with Gasteiger partial charge in [-0.05, 0) is 78.1 Å². The highest BCUT2D eigenvalue weighted by Gasteiger charge is 2.40. The molecule has 116 valence electrons. The van der Waals surface area contributed by atoms with Crippen molar-refractivity contribution < 1.29 is 14.6 Å². The Balaban J connectivity index is 1.62. The fourth-order valence-electron chi connectivity index (χ4n) is 2.94. The molecule has 0 saturated heterocycles. The monoisotopic (exact) mass is 283 g/mol. The lowest BCUT2D eigenvalue weighted by Gasteiger charge is -2.30. The number of nitrogens with one attached hydrogen (secondary N) is 1. The topological polar surface area (TPSA) is 58.6 Å². The highest BCUT2D eigenvalue weighted by molar-refractivity contribution is 5.68. The molecule has 4 nitrogen and oxygen atoms in total. The Hall–Kier alpha value is -0.770. The fourth-order valence-corrected chi connectivity index (χ4v) is 2.94. The summed E-state index contributed by atoms with van der Waals surface area (Å²) in [7, 11) is 0. The SMILES string of the molecule is CC(C)(C)OC(=O)NC1CCC(CCC2(O)CC2)CC1. The molecule has 2 rings (SSSR count). The molecule has 2 aliphatic carbocycles. The van der Waals surface area contributed by atoms with E-state index in [1.807, 2.05) is 20.8 Å². The van der Waals surface area contributed by atoms with Crippen molar-refractivity contribution in [2.45, 2.75) is 89.4 Å². The summed E-state index contributed by atoms with van der Waals surface area (Å²) in [6.45, 7) is 5.64. The zero-order chi connectivity index (χ0) is 14.8. The van der Waals surface area contributed by atoms with Gasteiger partial charge >= 0.3 is 6.09 Å². The molecule has 0 aromatic heterocycles. The number of alkyl carbamates (subject to hydrolysis) is 1. The molecule has 2 fully saturated rings. The molecule has 2 saturated carbocycles. The van der Waals surface area contributed by atoms with Gasteiger partial charge in [-0.1, -0.05) is 0 Å². The summed E-state index contributed by atoms with van der Waals surface area (Å²) in [5.41, 5.74) is -0.743. The number of hydrogen-bond acceptors (Lipinski definition) is 3.